The molecule has 2 rings (SSSR count). The first-order valence-electron chi connectivity index (χ1n) is 4.53. The second-order valence-electron chi connectivity index (χ2n) is 3.63. The lowest BCUT2D eigenvalue weighted by Gasteiger charge is -2.36. The number of fused-ring (bicyclic) bond motifs is 1. The van der Waals surface area contributed by atoms with Gasteiger partial charge in [-0.05, 0) is 19.1 Å². The molecule has 0 aromatic carbocycles. The average Bonchev–Trinajstić information content (AvgIpc) is 2.04. The molecule has 2 aliphatic heterocycles. The summed E-state index contributed by atoms with van der Waals surface area (Å²) in [6, 6.07) is 0. The molecule has 3 unspecified atom stereocenters. The lowest BCUT2D eigenvalue weighted by molar-refractivity contribution is -0.143. The molecule has 2 aliphatic rings. The minimum Gasteiger partial charge on any atom is -0.374 e. The van der Waals surface area contributed by atoms with Crippen LogP contribution in [0, 0.1) is 5.92 Å². The zero-order chi connectivity index (χ0) is 8.55. The first kappa shape index (κ1) is 8.57. The molecule has 3 atom stereocenters. The molecule has 2 nitrogen and oxygen atoms in total. The smallest absolute Gasteiger partial charge is 0.141 e. The molecule has 0 amide bonds. The number of thioether (sulfide) groups is 1. The molecular formula is C9H14O2S. The van der Waals surface area contributed by atoms with E-state index in [4.69, 9.17) is 4.74 Å². The van der Waals surface area contributed by atoms with Crippen LogP contribution >= 0.6 is 11.8 Å². The molecule has 0 bridgehead atoms. The van der Waals surface area contributed by atoms with Crippen LogP contribution in [0.1, 0.15) is 19.8 Å². The van der Waals surface area contributed by atoms with Crippen molar-refractivity contribution in [3.05, 3.63) is 0 Å². The summed E-state index contributed by atoms with van der Waals surface area (Å²) in [5.74, 6) is 2.77. The Balaban J connectivity index is 2.06. The fourth-order valence-electron chi connectivity index (χ4n) is 1.96. The maximum Gasteiger partial charge on any atom is 0.141 e. The van der Waals surface area contributed by atoms with E-state index in [-0.39, 0.29) is 18.1 Å². The predicted octanol–water partition coefficient (Wildman–Crippen LogP) is 1.49. The Morgan fingerprint density at radius 3 is 3.25 bits per heavy atom. The minimum atomic E-state index is 0.154. The summed E-state index contributed by atoms with van der Waals surface area (Å²) in [6.45, 7) is 2.00. The number of hydrogen-bond acceptors (Lipinski definition) is 3. The Labute approximate surface area is 77.0 Å². The molecule has 0 radical (unpaired) electrons. The molecule has 2 fully saturated rings. The van der Waals surface area contributed by atoms with Crippen molar-refractivity contribution in [2.75, 3.05) is 11.5 Å². The minimum absolute atomic E-state index is 0.154. The van der Waals surface area contributed by atoms with Gasteiger partial charge in [0, 0.05) is 12.2 Å². The highest BCUT2D eigenvalue weighted by atomic mass is 32.2. The summed E-state index contributed by atoms with van der Waals surface area (Å²) in [6.07, 6.45) is 2.08. The monoisotopic (exact) mass is 186 g/mol. The summed E-state index contributed by atoms with van der Waals surface area (Å²) >= 11 is 1.88. The number of Topliss-reactive ketones (excluding diaryl/α,β-unsaturated/α-hetero) is 1. The Morgan fingerprint density at radius 2 is 2.42 bits per heavy atom. The number of carbonyl (C=O) groups is 1. The SMILES string of the molecule is CC1CC(=O)C2CSCCC2O1. The number of rotatable bonds is 0. The van der Waals surface area contributed by atoms with Crippen LogP contribution in [0.4, 0.5) is 0 Å². The van der Waals surface area contributed by atoms with Crippen LogP contribution < -0.4 is 0 Å². The van der Waals surface area contributed by atoms with Gasteiger partial charge in [-0.25, -0.2) is 0 Å². The molecule has 0 aromatic rings. The van der Waals surface area contributed by atoms with Crippen LogP contribution in [-0.2, 0) is 9.53 Å². The summed E-state index contributed by atoms with van der Waals surface area (Å²) < 4.78 is 5.73. The van der Waals surface area contributed by atoms with E-state index < -0.39 is 0 Å². The summed E-state index contributed by atoms with van der Waals surface area (Å²) in [5.41, 5.74) is 0. The Kier molecular flexibility index (Phi) is 2.42. The quantitative estimate of drug-likeness (QED) is 0.573. The lowest BCUT2D eigenvalue weighted by atomic mass is 9.90. The van der Waals surface area contributed by atoms with E-state index in [0.29, 0.717) is 12.2 Å². The van der Waals surface area contributed by atoms with E-state index in [1.165, 1.54) is 0 Å². The maximum absolute atomic E-state index is 11.5. The van der Waals surface area contributed by atoms with Gasteiger partial charge in [0.15, 0.2) is 0 Å². The maximum atomic E-state index is 11.5. The van der Waals surface area contributed by atoms with Crippen LogP contribution in [0.25, 0.3) is 0 Å². The van der Waals surface area contributed by atoms with Crippen molar-refractivity contribution in [2.45, 2.75) is 32.0 Å². The van der Waals surface area contributed by atoms with Crippen molar-refractivity contribution in [1.82, 2.24) is 0 Å². The molecule has 0 aromatic heterocycles. The third-order valence-electron chi connectivity index (χ3n) is 2.60. The van der Waals surface area contributed by atoms with Gasteiger partial charge >= 0.3 is 0 Å². The fourth-order valence-corrected chi connectivity index (χ4v) is 3.18. The Bertz CT molecular complexity index is 193. The van der Waals surface area contributed by atoms with E-state index in [0.717, 1.165) is 17.9 Å². The van der Waals surface area contributed by atoms with E-state index in [9.17, 15) is 4.79 Å². The van der Waals surface area contributed by atoms with Gasteiger partial charge in [-0.15, -0.1) is 0 Å². The van der Waals surface area contributed by atoms with Gasteiger partial charge < -0.3 is 4.74 Å². The number of ketones is 1. The van der Waals surface area contributed by atoms with Gasteiger partial charge in [-0.1, -0.05) is 0 Å². The van der Waals surface area contributed by atoms with Crippen molar-refractivity contribution in [2.24, 2.45) is 5.92 Å². The zero-order valence-corrected chi connectivity index (χ0v) is 8.10. The summed E-state index contributed by atoms with van der Waals surface area (Å²) in [7, 11) is 0. The molecule has 0 N–H and O–H groups in total. The molecular weight excluding hydrogens is 172 g/mol. The van der Waals surface area contributed by atoms with Crippen LogP contribution in [0.3, 0.4) is 0 Å². The van der Waals surface area contributed by atoms with Crippen molar-refractivity contribution >= 4 is 17.5 Å². The van der Waals surface area contributed by atoms with Crippen LogP contribution in [-0.4, -0.2) is 29.5 Å². The van der Waals surface area contributed by atoms with E-state index in [2.05, 4.69) is 0 Å². The van der Waals surface area contributed by atoms with Gasteiger partial charge in [0.2, 0.25) is 0 Å². The number of hydrogen-bond donors (Lipinski definition) is 0. The largest absolute Gasteiger partial charge is 0.374 e. The average molecular weight is 186 g/mol. The van der Waals surface area contributed by atoms with Crippen LogP contribution in [0.2, 0.25) is 0 Å². The van der Waals surface area contributed by atoms with Gasteiger partial charge in [-0.2, -0.15) is 11.8 Å². The second kappa shape index (κ2) is 3.38. The fraction of sp³-hybridized carbons (Fsp3) is 0.889. The van der Waals surface area contributed by atoms with Crippen molar-refractivity contribution in [3.63, 3.8) is 0 Å². The molecule has 0 saturated carbocycles. The normalized spacial score (nSPS) is 42.4. The van der Waals surface area contributed by atoms with E-state index in [1.54, 1.807) is 0 Å². The predicted molar refractivity (Wildman–Crippen MR) is 49.4 cm³/mol. The number of ether oxygens (including phenoxy) is 1. The van der Waals surface area contributed by atoms with Crippen LogP contribution in [0.5, 0.6) is 0 Å². The Hall–Kier alpha value is -0.0200. The van der Waals surface area contributed by atoms with E-state index in [1.807, 2.05) is 18.7 Å². The van der Waals surface area contributed by atoms with Gasteiger partial charge in [-0.3, -0.25) is 4.79 Å². The highest BCUT2D eigenvalue weighted by Crippen LogP contribution is 2.32. The molecule has 0 spiro atoms. The van der Waals surface area contributed by atoms with E-state index >= 15 is 0 Å². The molecule has 2 saturated heterocycles. The third-order valence-corrected chi connectivity index (χ3v) is 3.72. The van der Waals surface area contributed by atoms with Crippen molar-refractivity contribution < 1.29 is 9.53 Å². The number of carbonyl (C=O) groups excluding carboxylic acids is 1. The van der Waals surface area contributed by atoms with Gasteiger partial charge in [0.05, 0.1) is 18.1 Å². The Morgan fingerprint density at radius 1 is 1.58 bits per heavy atom. The van der Waals surface area contributed by atoms with Gasteiger partial charge in [0.25, 0.3) is 0 Å². The van der Waals surface area contributed by atoms with Gasteiger partial charge in [0.1, 0.15) is 5.78 Å². The lowest BCUT2D eigenvalue weighted by Crippen LogP contribution is -2.44. The third kappa shape index (κ3) is 1.52. The molecule has 12 heavy (non-hydrogen) atoms. The second-order valence-corrected chi connectivity index (χ2v) is 4.78. The van der Waals surface area contributed by atoms with Crippen molar-refractivity contribution in [3.8, 4) is 0 Å². The van der Waals surface area contributed by atoms with Crippen molar-refractivity contribution in [1.29, 1.82) is 0 Å². The molecule has 68 valence electrons. The highest BCUT2D eigenvalue weighted by molar-refractivity contribution is 7.99. The molecule has 2 heterocycles. The molecule has 0 aliphatic carbocycles. The topological polar surface area (TPSA) is 26.3 Å². The first-order valence-corrected chi connectivity index (χ1v) is 5.69. The summed E-state index contributed by atoms with van der Waals surface area (Å²) in [4.78, 5) is 11.5. The summed E-state index contributed by atoms with van der Waals surface area (Å²) in [5, 5.41) is 0. The standard InChI is InChI=1S/C9H14O2S/c1-6-4-8(10)7-5-12-3-2-9(7)11-6/h6-7,9H,2-5H2,1H3. The first-order chi connectivity index (χ1) is 5.77. The van der Waals surface area contributed by atoms with Crippen LogP contribution in [0.15, 0.2) is 0 Å². The zero-order valence-electron chi connectivity index (χ0n) is 7.29. The highest BCUT2D eigenvalue weighted by Gasteiger charge is 2.37. The molecule has 3 heteroatoms.